The summed E-state index contributed by atoms with van der Waals surface area (Å²) in [5.74, 6) is 0. The van der Waals surface area contributed by atoms with E-state index in [0.717, 1.165) is 11.0 Å². The molecule has 3 aromatic rings. The fourth-order valence-electron chi connectivity index (χ4n) is 2.39. The SMILES string of the molecule is Cc1cnc2c(ccc3c(C)c(C)cnc32)c1C.[Ir]. The molecule has 0 aliphatic heterocycles. The van der Waals surface area contributed by atoms with Crippen molar-refractivity contribution in [1.82, 2.24) is 9.97 Å². The van der Waals surface area contributed by atoms with Crippen LogP contribution in [0.1, 0.15) is 22.3 Å². The fourth-order valence-corrected chi connectivity index (χ4v) is 2.39. The van der Waals surface area contributed by atoms with Crippen molar-refractivity contribution in [2.75, 3.05) is 0 Å². The molecule has 2 heterocycles. The number of hydrogen-bond acceptors (Lipinski definition) is 2. The Balaban J connectivity index is 0.00000133. The molecule has 0 spiro atoms. The molecule has 0 aliphatic rings. The first-order valence-corrected chi connectivity index (χ1v) is 6.20. The first-order chi connectivity index (χ1) is 8.59. The van der Waals surface area contributed by atoms with Crippen LogP contribution in [0.25, 0.3) is 21.8 Å². The van der Waals surface area contributed by atoms with E-state index in [1.54, 1.807) is 0 Å². The Hall–Kier alpha value is -1.31. The second-order valence-corrected chi connectivity index (χ2v) is 4.99. The van der Waals surface area contributed by atoms with E-state index in [1.165, 1.54) is 33.0 Å². The normalized spacial score (nSPS) is 10.7. The molecule has 0 N–H and O–H groups in total. The number of aryl methyl sites for hydroxylation is 4. The van der Waals surface area contributed by atoms with E-state index in [4.69, 9.17) is 0 Å². The van der Waals surface area contributed by atoms with Crippen LogP contribution in [-0.2, 0) is 20.1 Å². The molecule has 0 unspecified atom stereocenters. The van der Waals surface area contributed by atoms with Gasteiger partial charge in [0.2, 0.25) is 0 Å². The van der Waals surface area contributed by atoms with Gasteiger partial charge in [-0.15, -0.1) is 0 Å². The Bertz CT molecular complexity index is 712. The molecule has 0 amide bonds. The zero-order chi connectivity index (χ0) is 12.9. The molecule has 19 heavy (non-hydrogen) atoms. The third-order valence-corrected chi connectivity index (χ3v) is 3.92. The van der Waals surface area contributed by atoms with E-state index < -0.39 is 0 Å². The van der Waals surface area contributed by atoms with E-state index in [1.807, 2.05) is 12.4 Å². The van der Waals surface area contributed by atoms with E-state index >= 15 is 0 Å². The molecule has 99 valence electrons. The number of benzene rings is 1. The first-order valence-electron chi connectivity index (χ1n) is 6.20. The predicted molar refractivity (Wildman–Crippen MR) is 76.0 cm³/mol. The van der Waals surface area contributed by atoms with Crippen LogP contribution >= 0.6 is 0 Å². The van der Waals surface area contributed by atoms with Gasteiger partial charge in [-0.05, 0) is 49.9 Å². The molecule has 0 aliphatic carbocycles. The summed E-state index contributed by atoms with van der Waals surface area (Å²) in [6, 6.07) is 4.34. The molecule has 1 aromatic carbocycles. The third kappa shape index (κ3) is 2.07. The van der Waals surface area contributed by atoms with E-state index in [0.29, 0.717) is 0 Å². The molecule has 0 atom stereocenters. The van der Waals surface area contributed by atoms with Crippen molar-refractivity contribution < 1.29 is 20.1 Å². The minimum Gasteiger partial charge on any atom is -0.254 e. The summed E-state index contributed by atoms with van der Waals surface area (Å²) in [5, 5.41) is 2.41. The standard InChI is InChI=1S/C16H16N2.Ir/c1-9-7-17-15-13(11(9)3)5-6-14-12(4)10(2)8-18-16(14)15;/h5-8H,1-4H3;. The molecule has 0 bridgehead atoms. The molecule has 2 nitrogen and oxygen atoms in total. The molecule has 0 saturated carbocycles. The van der Waals surface area contributed by atoms with E-state index in [-0.39, 0.29) is 20.1 Å². The van der Waals surface area contributed by atoms with Crippen molar-refractivity contribution in [3.05, 3.63) is 46.8 Å². The summed E-state index contributed by atoms with van der Waals surface area (Å²) in [6.07, 6.45) is 3.88. The Kier molecular flexibility index (Phi) is 3.71. The van der Waals surface area contributed by atoms with Gasteiger partial charge in [-0.2, -0.15) is 0 Å². The Morgan fingerprint density at radius 1 is 0.684 bits per heavy atom. The largest absolute Gasteiger partial charge is 0.254 e. The minimum atomic E-state index is 0. The fraction of sp³-hybridized carbons (Fsp3) is 0.250. The van der Waals surface area contributed by atoms with Gasteiger partial charge in [-0.25, -0.2) is 0 Å². The van der Waals surface area contributed by atoms with Gasteiger partial charge in [-0.1, -0.05) is 12.1 Å². The van der Waals surface area contributed by atoms with Gasteiger partial charge in [0.1, 0.15) is 0 Å². The maximum atomic E-state index is 4.58. The smallest absolute Gasteiger partial charge is 0.0967 e. The van der Waals surface area contributed by atoms with Crippen molar-refractivity contribution >= 4 is 21.8 Å². The predicted octanol–water partition coefficient (Wildman–Crippen LogP) is 4.01. The van der Waals surface area contributed by atoms with Crippen LogP contribution in [0.2, 0.25) is 0 Å². The number of aromatic nitrogens is 2. The molecule has 0 saturated heterocycles. The topological polar surface area (TPSA) is 25.8 Å². The summed E-state index contributed by atoms with van der Waals surface area (Å²) in [7, 11) is 0. The summed E-state index contributed by atoms with van der Waals surface area (Å²) >= 11 is 0. The van der Waals surface area contributed by atoms with Gasteiger partial charge < -0.3 is 0 Å². The van der Waals surface area contributed by atoms with Crippen LogP contribution in [0, 0.1) is 27.7 Å². The summed E-state index contributed by atoms with van der Waals surface area (Å²) < 4.78 is 0. The van der Waals surface area contributed by atoms with Gasteiger partial charge in [-0.3, -0.25) is 9.97 Å². The zero-order valence-corrected chi connectivity index (χ0v) is 13.9. The van der Waals surface area contributed by atoms with Crippen LogP contribution in [0.15, 0.2) is 24.5 Å². The summed E-state index contributed by atoms with van der Waals surface area (Å²) in [5.41, 5.74) is 7.07. The summed E-state index contributed by atoms with van der Waals surface area (Å²) in [4.78, 5) is 9.16. The number of fused-ring (bicyclic) bond motifs is 3. The number of hydrogen-bond donors (Lipinski definition) is 0. The Labute approximate surface area is 126 Å². The van der Waals surface area contributed by atoms with Gasteiger partial charge in [0.25, 0.3) is 0 Å². The maximum Gasteiger partial charge on any atom is 0.0967 e. The minimum absolute atomic E-state index is 0. The van der Waals surface area contributed by atoms with Crippen molar-refractivity contribution in [2.24, 2.45) is 0 Å². The van der Waals surface area contributed by atoms with Gasteiger partial charge in [0, 0.05) is 43.3 Å². The molecule has 3 rings (SSSR count). The second-order valence-electron chi connectivity index (χ2n) is 4.99. The molecular weight excluding hydrogens is 412 g/mol. The van der Waals surface area contributed by atoms with Crippen LogP contribution < -0.4 is 0 Å². The molecule has 0 fully saturated rings. The Morgan fingerprint density at radius 3 is 1.42 bits per heavy atom. The van der Waals surface area contributed by atoms with Gasteiger partial charge in [0.05, 0.1) is 11.0 Å². The van der Waals surface area contributed by atoms with Crippen LogP contribution in [0.5, 0.6) is 0 Å². The second kappa shape index (κ2) is 4.99. The van der Waals surface area contributed by atoms with Crippen molar-refractivity contribution in [1.29, 1.82) is 0 Å². The van der Waals surface area contributed by atoms with Crippen LogP contribution in [-0.4, -0.2) is 9.97 Å². The number of rotatable bonds is 0. The molecular formula is C16H16IrN2. The first kappa shape index (κ1) is 14.1. The van der Waals surface area contributed by atoms with Crippen LogP contribution in [0.3, 0.4) is 0 Å². The number of nitrogens with zero attached hydrogens (tertiary/aromatic N) is 2. The number of pyridine rings is 2. The van der Waals surface area contributed by atoms with Crippen molar-refractivity contribution in [3.8, 4) is 0 Å². The monoisotopic (exact) mass is 429 g/mol. The molecule has 2 aromatic heterocycles. The average molecular weight is 429 g/mol. The Morgan fingerprint density at radius 2 is 1.05 bits per heavy atom. The van der Waals surface area contributed by atoms with Gasteiger partial charge >= 0.3 is 0 Å². The molecule has 1 radical (unpaired) electrons. The summed E-state index contributed by atoms with van der Waals surface area (Å²) in [6.45, 7) is 8.48. The average Bonchev–Trinajstić information content (AvgIpc) is 2.38. The quantitative estimate of drug-likeness (QED) is 0.506. The zero-order valence-electron chi connectivity index (χ0n) is 11.5. The third-order valence-electron chi connectivity index (χ3n) is 3.92. The van der Waals surface area contributed by atoms with Gasteiger partial charge in [0.15, 0.2) is 0 Å². The molecule has 3 heteroatoms. The maximum absolute atomic E-state index is 4.58. The van der Waals surface area contributed by atoms with E-state index in [2.05, 4.69) is 49.8 Å². The van der Waals surface area contributed by atoms with Crippen LogP contribution in [0.4, 0.5) is 0 Å². The van der Waals surface area contributed by atoms with E-state index in [9.17, 15) is 0 Å². The van der Waals surface area contributed by atoms with Crippen molar-refractivity contribution in [2.45, 2.75) is 27.7 Å². The van der Waals surface area contributed by atoms with Crippen molar-refractivity contribution in [3.63, 3.8) is 0 Å².